The smallest absolute Gasteiger partial charge is 0.240 e. The molecule has 1 fully saturated rings. The average molecular weight is 553 g/mol. The van der Waals surface area contributed by atoms with Gasteiger partial charge in [-0.15, -0.1) is 0 Å². The van der Waals surface area contributed by atoms with Gasteiger partial charge >= 0.3 is 0 Å². The molecule has 6 rings (SSSR count). The van der Waals surface area contributed by atoms with E-state index < -0.39 is 23.0 Å². The van der Waals surface area contributed by atoms with Crippen molar-refractivity contribution in [1.82, 2.24) is 19.7 Å². The van der Waals surface area contributed by atoms with Crippen molar-refractivity contribution in [3.05, 3.63) is 85.1 Å². The number of amides is 2. The largest absolute Gasteiger partial charge is 0.494 e. The molecule has 0 spiro atoms. The molecule has 1 aliphatic rings. The molecule has 2 N–H and O–H groups in total. The molecule has 0 unspecified atom stereocenters. The van der Waals surface area contributed by atoms with Crippen molar-refractivity contribution in [2.75, 3.05) is 17.7 Å². The third kappa shape index (κ3) is 5.17. The molecule has 11 heteroatoms. The molecule has 10 nitrogen and oxygen atoms in total. The Labute approximate surface area is 234 Å². The third-order valence-electron chi connectivity index (χ3n) is 6.90. The van der Waals surface area contributed by atoms with Crippen LogP contribution in [0.2, 0.25) is 0 Å². The molecule has 1 saturated carbocycles. The van der Waals surface area contributed by atoms with E-state index >= 15 is 0 Å². The summed E-state index contributed by atoms with van der Waals surface area (Å²) in [4.78, 5) is 35.0. The zero-order valence-electron chi connectivity index (χ0n) is 22.2. The highest BCUT2D eigenvalue weighted by Crippen LogP contribution is 2.47. The van der Waals surface area contributed by atoms with Gasteiger partial charge in [0.05, 0.1) is 18.8 Å². The Morgan fingerprint density at radius 3 is 2.20 bits per heavy atom. The Bertz CT molecular complexity index is 1760. The van der Waals surface area contributed by atoms with E-state index in [2.05, 4.69) is 20.7 Å². The first kappa shape index (κ1) is 25.9. The van der Waals surface area contributed by atoms with Crippen molar-refractivity contribution in [3.8, 4) is 28.5 Å². The lowest BCUT2D eigenvalue weighted by atomic mass is 10.0. The zero-order chi connectivity index (χ0) is 28.6. The van der Waals surface area contributed by atoms with E-state index in [1.807, 2.05) is 13.2 Å². The second kappa shape index (κ2) is 10.3. The average Bonchev–Trinajstić information content (AvgIpc) is 3.69. The van der Waals surface area contributed by atoms with Gasteiger partial charge in [0.2, 0.25) is 11.8 Å². The lowest BCUT2D eigenvalue weighted by molar-refractivity contribution is -0.131. The quantitative estimate of drug-likeness (QED) is 0.250. The highest BCUT2D eigenvalue weighted by molar-refractivity contribution is 6.16. The second-order valence-corrected chi connectivity index (χ2v) is 9.74. The number of halogens is 1. The van der Waals surface area contributed by atoms with E-state index in [0.717, 1.165) is 5.56 Å². The maximum Gasteiger partial charge on any atom is 0.240 e. The standard InChI is InChI=1S/C30H25FN6O4/c1-37-17-18(16-33-37)26-25(40-2)15-23-27(36-26)24(11-14-32-23)41-22-9-7-21(8-10-22)35-29(39)30(12-13-30)28(38)34-20-5-3-19(31)4-6-20/h3-11,14-17H,12-13H2,1-2H3,(H,34,38)(H,35,39). The number of ether oxygens (including phenoxy) is 2. The molecule has 0 saturated heterocycles. The fourth-order valence-corrected chi connectivity index (χ4v) is 4.47. The summed E-state index contributed by atoms with van der Waals surface area (Å²) >= 11 is 0. The van der Waals surface area contributed by atoms with Crippen LogP contribution >= 0.6 is 0 Å². The van der Waals surface area contributed by atoms with E-state index in [-0.39, 0.29) is 0 Å². The lowest BCUT2D eigenvalue weighted by Crippen LogP contribution is -2.35. The first-order valence-electron chi connectivity index (χ1n) is 12.8. The summed E-state index contributed by atoms with van der Waals surface area (Å²) in [5.74, 6) is 0.362. The molecule has 0 bridgehead atoms. The second-order valence-electron chi connectivity index (χ2n) is 9.74. The van der Waals surface area contributed by atoms with E-state index in [1.165, 1.54) is 24.3 Å². The first-order chi connectivity index (χ1) is 19.8. The van der Waals surface area contributed by atoms with Crippen LogP contribution in [0.25, 0.3) is 22.3 Å². The molecule has 2 aromatic carbocycles. The molecule has 3 heterocycles. The van der Waals surface area contributed by atoms with E-state index in [9.17, 15) is 14.0 Å². The van der Waals surface area contributed by atoms with Crippen molar-refractivity contribution in [2.45, 2.75) is 12.8 Å². The summed E-state index contributed by atoms with van der Waals surface area (Å²) in [6.45, 7) is 0. The lowest BCUT2D eigenvalue weighted by Gasteiger charge is -2.16. The van der Waals surface area contributed by atoms with Crippen molar-refractivity contribution < 1.29 is 23.5 Å². The number of hydrogen-bond acceptors (Lipinski definition) is 7. The number of carbonyl (C=O) groups is 2. The predicted octanol–water partition coefficient (Wildman–Crippen LogP) is 5.33. The number of pyridine rings is 2. The highest BCUT2D eigenvalue weighted by atomic mass is 19.1. The Morgan fingerprint density at radius 2 is 1.61 bits per heavy atom. The SMILES string of the molecule is COc1cc2nccc(Oc3ccc(NC(=O)C4(C(=O)Nc5ccc(F)cc5)CC4)cc3)c2nc1-c1cnn(C)c1. The summed E-state index contributed by atoms with van der Waals surface area (Å²) in [7, 11) is 3.40. The summed E-state index contributed by atoms with van der Waals surface area (Å²) in [5, 5.41) is 9.75. The maximum absolute atomic E-state index is 13.2. The monoisotopic (exact) mass is 552 g/mol. The zero-order valence-corrected chi connectivity index (χ0v) is 22.2. The van der Waals surface area contributed by atoms with Crippen LogP contribution in [0, 0.1) is 11.2 Å². The molecule has 206 valence electrons. The van der Waals surface area contributed by atoms with Crippen LogP contribution in [-0.4, -0.2) is 38.7 Å². The fourth-order valence-electron chi connectivity index (χ4n) is 4.47. The van der Waals surface area contributed by atoms with Crippen LogP contribution in [0.1, 0.15) is 12.8 Å². The number of benzene rings is 2. The van der Waals surface area contributed by atoms with Crippen molar-refractivity contribution in [3.63, 3.8) is 0 Å². The Hall–Kier alpha value is -5.32. The number of fused-ring (bicyclic) bond motifs is 1. The fraction of sp³-hybridized carbons (Fsp3) is 0.167. The van der Waals surface area contributed by atoms with Gasteiger partial charge in [-0.25, -0.2) is 9.37 Å². The van der Waals surface area contributed by atoms with E-state index in [0.29, 0.717) is 58.2 Å². The van der Waals surface area contributed by atoms with Gasteiger partial charge in [-0.3, -0.25) is 19.3 Å². The Morgan fingerprint density at radius 1 is 0.951 bits per heavy atom. The minimum absolute atomic E-state index is 0.396. The molecule has 0 radical (unpaired) electrons. The molecule has 0 atom stereocenters. The summed E-state index contributed by atoms with van der Waals surface area (Å²) in [5.41, 5.74) is 2.35. The molecule has 5 aromatic rings. The van der Waals surface area contributed by atoms with Gasteiger partial charge in [0.25, 0.3) is 0 Å². The summed E-state index contributed by atoms with van der Waals surface area (Å²) < 4.78 is 26.5. The minimum atomic E-state index is -1.15. The molecular weight excluding hydrogens is 527 g/mol. The van der Waals surface area contributed by atoms with Crippen LogP contribution in [-0.2, 0) is 16.6 Å². The number of carbonyl (C=O) groups excluding carboxylic acids is 2. The van der Waals surface area contributed by atoms with Gasteiger partial charge < -0.3 is 20.1 Å². The van der Waals surface area contributed by atoms with E-state index in [4.69, 9.17) is 14.5 Å². The molecular formula is C30H25FN6O4. The number of rotatable bonds is 8. The Balaban J connectivity index is 1.17. The predicted molar refractivity (Wildman–Crippen MR) is 150 cm³/mol. The number of hydrogen-bond donors (Lipinski definition) is 2. The third-order valence-corrected chi connectivity index (χ3v) is 6.90. The highest BCUT2D eigenvalue weighted by Gasteiger charge is 2.56. The minimum Gasteiger partial charge on any atom is -0.494 e. The number of aryl methyl sites for hydroxylation is 1. The van der Waals surface area contributed by atoms with Crippen LogP contribution < -0.4 is 20.1 Å². The van der Waals surface area contributed by atoms with Crippen molar-refractivity contribution >= 4 is 34.2 Å². The van der Waals surface area contributed by atoms with Gasteiger partial charge in [0.1, 0.15) is 33.9 Å². The van der Waals surface area contributed by atoms with Gasteiger partial charge in [-0.1, -0.05) is 0 Å². The van der Waals surface area contributed by atoms with Gasteiger partial charge in [0.15, 0.2) is 5.75 Å². The van der Waals surface area contributed by atoms with Gasteiger partial charge in [0, 0.05) is 48.5 Å². The van der Waals surface area contributed by atoms with Crippen LogP contribution in [0.4, 0.5) is 15.8 Å². The van der Waals surface area contributed by atoms with Crippen LogP contribution in [0.3, 0.4) is 0 Å². The number of nitrogens with zero attached hydrogens (tertiary/aromatic N) is 4. The number of methoxy groups -OCH3 is 1. The summed E-state index contributed by atoms with van der Waals surface area (Å²) in [6, 6.07) is 15.8. The number of aromatic nitrogens is 4. The number of anilines is 2. The molecule has 41 heavy (non-hydrogen) atoms. The number of nitrogens with one attached hydrogen (secondary N) is 2. The Kier molecular flexibility index (Phi) is 6.54. The molecule has 2 amide bonds. The van der Waals surface area contributed by atoms with Gasteiger partial charge in [-0.2, -0.15) is 5.10 Å². The van der Waals surface area contributed by atoms with Crippen molar-refractivity contribution in [1.29, 1.82) is 0 Å². The maximum atomic E-state index is 13.2. The normalized spacial score (nSPS) is 13.4. The topological polar surface area (TPSA) is 120 Å². The van der Waals surface area contributed by atoms with Crippen LogP contribution in [0.5, 0.6) is 17.2 Å². The molecule has 3 aromatic heterocycles. The first-order valence-corrected chi connectivity index (χ1v) is 12.8. The van der Waals surface area contributed by atoms with Gasteiger partial charge in [-0.05, 0) is 61.4 Å². The molecule has 0 aliphatic heterocycles. The molecule has 1 aliphatic carbocycles. The van der Waals surface area contributed by atoms with Crippen LogP contribution in [0.15, 0.2) is 79.3 Å². The summed E-state index contributed by atoms with van der Waals surface area (Å²) in [6.07, 6.45) is 6.04. The van der Waals surface area contributed by atoms with Crippen molar-refractivity contribution in [2.24, 2.45) is 12.5 Å². The van der Waals surface area contributed by atoms with E-state index in [1.54, 1.807) is 60.6 Å².